The molecular weight excluding hydrogens is 653 g/mol. The first-order valence-electron chi connectivity index (χ1n) is 15.4. The summed E-state index contributed by atoms with van der Waals surface area (Å²) in [6.07, 6.45) is -1.64. The zero-order valence-corrected chi connectivity index (χ0v) is 28.2. The second kappa shape index (κ2) is 20.0. The minimum absolute atomic E-state index is 0.0252. The third kappa shape index (κ3) is 13.4. The van der Waals surface area contributed by atoms with E-state index in [0.29, 0.717) is 17.1 Å². The molecule has 0 aliphatic carbocycles. The second-order valence-electron chi connectivity index (χ2n) is 10.5. The van der Waals surface area contributed by atoms with Crippen LogP contribution in [0.3, 0.4) is 0 Å². The van der Waals surface area contributed by atoms with Crippen LogP contribution in [0.25, 0.3) is 0 Å². The Balaban J connectivity index is 1.44. The average molecular weight is 694 g/mol. The monoisotopic (exact) mass is 693 g/mol. The SMILES string of the molecule is COC(=O)[C@H](COP(=O)(OCc1ccccc1)OC[C@@H](COc1ccc(OC)cc1)OCc1ccccc1)NC(=O)OCc1ccccc1. The molecule has 260 valence electrons. The Morgan fingerprint density at radius 3 is 1.73 bits per heavy atom. The Morgan fingerprint density at radius 2 is 1.16 bits per heavy atom. The number of rotatable bonds is 20. The van der Waals surface area contributed by atoms with Gasteiger partial charge in [0.1, 0.15) is 30.8 Å². The third-order valence-electron chi connectivity index (χ3n) is 6.86. The topological polar surface area (TPSA) is 137 Å². The van der Waals surface area contributed by atoms with Gasteiger partial charge in [-0.05, 0) is 41.0 Å². The number of benzene rings is 4. The molecule has 0 saturated heterocycles. The molecule has 4 aromatic carbocycles. The molecule has 0 aromatic heterocycles. The van der Waals surface area contributed by atoms with Crippen molar-refractivity contribution in [3.63, 3.8) is 0 Å². The number of nitrogens with one attached hydrogen (secondary N) is 1. The predicted molar refractivity (Wildman–Crippen MR) is 180 cm³/mol. The Bertz CT molecular complexity index is 1590. The number of methoxy groups -OCH3 is 2. The van der Waals surface area contributed by atoms with Crippen molar-refractivity contribution in [3.8, 4) is 11.5 Å². The Morgan fingerprint density at radius 1 is 0.633 bits per heavy atom. The summed E-state index contributed by atoms with van der Waals surface area (Å²) in [6, 6.07) is 33.1. The number of ether oxygens (including phenoxy) is 5. The second-order valence-corrected chi connectivity index (χ2v) is 12.2. The van der Waals surface area contributed by atoms with E-state index in [1.165, 1.54) is 0 Å². The van der Waals surface area contributed by atoms with Gasteiger partial charge in [0.25, 0.3) is 0 Å². The summed E-state index contributed by atoms with van der Waals surface area (Å²) in [4.78, 5) is 25.1. The number of amides is 1. The summed E-state index contributed by atoms with van der Waals surface area (Å²) >= 11 is 0. The number of alkyl carbamates (subject to hydrolysis) is 1. The zero-order chi connectivity index (χ0) is 34.7. The standard InChI is InChI=1S/C36H40NO11P/c1-41-31-18-20-32(21-19-31)44-25-33(43-22-28-12-6-3-7-13-28)26-47-49(40,46-24-30-16-10-5-11-17-30)48-27-34(35(38)42-2)37-36(39)45-23-29-14-8-4-9-15-29/h3-21,33-34H,22-27H2,1-2H3,(H,37,39)/t33-,34+,49?/m1/s1. The first-order valence-corrected chi connectivity index (χ1v) is 16.9. The van der Waals surface area contributed by atoms with Crippen molar-refractivity contribution in [2.75, 3.05) is 34.0 Å². The van der Waals surface area contributed by atoms with E-state index in [-0.39, 0.29) is 33.0 Å². The fraction of sp³-hybridized carbons (Fsp3) is 0.278. The van der Waals surface area contributed by atoms with Gasteiger partial charge in [-0.25, -0.2) is 14.2 Å². The number of hydrogen-bond acceptors (Lipinski definition) is 11. The largest absolute Gasteiger partial charge is 0.497 e. The third-order valence-corrected chi connectivity index (χ3v) is 8.24. The molecule has 0 saturated carbocycles. The maximum absolute atomic E-state index is 14.0. The van der Waals surface area contributed by atoms with Crippen LogP contribution >= 0.6 is 7.82 Å². The fourth-order valence-corrected chi connectivity index (χ4v) is 5.40. The molecular formula is C36H40NO11P. The van der Waals surface area contributed by atoms with Gasteiger partial charge in [-0.1, -0.05) is 91.0 Å². The fourth-order valence-electron chi connectivity index (χ4n) is 4.19. The van der Waals surface area contributed by atoms with E-state index < -0.39 is 38.6 Å². The van der Waals surface area contributed by atoms with Crippen molar-refractivity contribution >= 4 is 19.9 Å². The van der Waals surface area contributed by atoms with E-state index in [1.807, 2.05) is 42.5 Å². The summed E-state index contributed by atoms with van der Waals surface area (Å²) in [6.45, 7) is -0.813. The lowest BCUT2D eigenvalue weighted by Crippen LogP contribution is -2.44. The Labute approximate surface area is 285 Å². The highest BCUT2D eigenvalue weighted by molar-refractivity contribution is 7.48. The molecule has 0 radical (unpaired) electrons. The number of phosphoric ester groups is 1. The number of carbonyl (C=O) groups excluding carboxylic acids is 2. The average Bonchev–Trinajstić information content (AvgIpc) is 3.15. The summed E-state index contributed by atoms with van der Waals surface area (Å²) in [5.74, 6) is 0.369. The molecule has 49 heavy (non-hydrogen) atoms. The summed E-state index contributed by atoms with van der Waals surface area (Å²) < 4.78 is 58.5. The minimum Gasteiger partial charge on any atom is -0.497 e. The number of phosphoric acid groups is 1. The highest BCUT2D eigenvalue weighted by atomic mass is 31.2. The first kappa shape index (κ1) is 37.1. The summed E-state index contributed by atoms with van der Waals surface area (Å²) in [7, 11) is -1.69. The maximum Gasteiger partial charge on any atom is 0.475 e. The molecule has 3 atom stereocenters. The molecule has 4 rings (SSSR count). The molecule has 1 N–H and O–H groups in total. The van der Waals surface area contributed by atoms with Gasteiger partial charge < -0.3 is 29.0 Å². The molecule has 4 aromatic rings. The van der Waals surface area contributed by atoms with Crippen LogP contribution in [-0.2, 0) is 57.0 Å². The molecule has 0 heterocycles. The van der Waals surface area contributed by atoms with Crippen LogP contribution in [0.1, 0.15) is 16.7 Å². The van der Waals surface area contributed by atoms with E-state index in [9.17, 15) is 14.2 Å². The van der Waals surface area contributed by atoms with Crippen molar-refractivity contribution in [2.24, 2.45) is 0 Å². The highest BCUT2D eigenvalue weighted by Crippen LogP contribution is 2.50. The normalized spacial score (nSPS) is 13.3. The van der Waals surface area contributed by atoms with Crippen molar-refractivity contribution in [1.29, 1.82) is 0 Å². The summed E-state index contributed by atoms with van der Waals surface area (Å²) in [5.41, 5.74) is 2.35. The first-order chi connectivity index (χ1) is 23.9. The van der Waals surface area contributed by atoms with Crippen molar-refractivity contribution < 1.29 is 51.4 Å². The lowest BCUT2D eigenvalue weighted by atomic mass is 10.2. The van der Waals surface area contributed by atoms with Gasteiger partial charge in [-0.2, -0.15) is 0 Å². The Kier molecular flexibility index (Phi) is 15.1. The highest BCUT2D eigenvalue weighted by Gasteiger charge is 2.33. The van der Waals surface area contributed by atoms with E-state index in [2.05, 4.69) is 5.32 Å². The van der Waals surface area contributed by atoms with Gasteiger partial charge in [0, 0.05) is 0 Å². The maximum atomic E-state index is 14.0. The molecule has 1 unspecified atom stereocenters. The van der Waals surface area contributed by atoms with Crippen LogP contribution in [0.4, 0.5) is 4.79 Å². The van der Waals surface area contributed by atoms with Gasteiger partial charge in [0.2, 0.25) is 0 Å². The molecule has 0 bridgehead atoms. The molecule has 1 amide bonds. The van der Waals surface area contributed by atoms with Crippen LogP contribution in [0.15, 0.2) is 115 Å². The van der Waals surface area contributed by atoms with Gasteiger partial charge in [-0.3, -0.25) is 13.6 Å². The molecule has 0 aliphatic heterocycles. The van der Waals surface area contributed by atoms with Crippen molar-refractivity contribution in [1.82, 2.24) is 5.32 Å². The van der Waals surface area contributed by atoms with E-state index in [0.717, 1.165) is 18.2 Å². The van der Waals surface area contributed by atoms with E-state index in [4.69, 9.17) is 37.3 Å². The van der Waals surface area contributed by atoms with Crippen LogP contribution in [0.5, 0.6) is 11.5 Å². The van der Waals surface area contributed by atoms with E-state index in [1.54, 1.807) is 79.9 Å². The van der Waals surface area contributed by atoms with Gasteiger partial charge in [-0.15, -0.1) is 0 Å². The lowest BCUT2D eigenvalue weighted by molar-refractivity contribution is -0.143. The molecule has 12 nitrogen and oxygen atoms in total. The molecule has 13 heteroatoms. The number of carbonyl (C=O) groups is 2. The van der Waals surface area contributed by atoms with Gasteiger partial charge >= 0.3 is 19.9 Å². The smallest absolute Gasteiger partial charge is 0.475 e. The van der Waals surface area contributed by atoms with Gasteiger partial charge in [0.05, 0.1) is 40.6 Å². The zero-order valence-electron chi connectivity index (χ0n) is 27.3. The van der Waals surface area contributed by atoms with Crippen LogP contribution in [0, 0.1) is 0 Å². The molecule has 0 fully saturated rings. The number of esters is 1. The van der Waals surface area contributed by atoms with E-state index >= 15 is 0 Å². The summed E-state index contributed by atoms with van der Waals surface area (Å²) in [5, 5.41) is 2.39. The minimum atomic E-state index is -4.40. The van der Waals surface area contributed by atoms with Crippen molar-refractivity contribution in [2.45, 2.75) is 32.0 Å². The molecule has 0 aliphatic rings. The van der Waals surface area contributed by atoms with Gasteiger partial charge in [0.15, 0.2) is 6.04 Å². The van der Waals surface area contributed by atoms with Crippen LogP contribution < -0.4 is 14.8 Å². The lowest BCUT2D eigenvalue weighted by Gasteiger charge is -2.24. The van der Waals surface area contributed by atoms with Crippen LogP contribution in [-0.4, -0.2) is 58.2 Å². The quantitative estimate of drug-likeness (QED) is 0.0804. The number of hydrogen-bond donors (Lipinski definition) is 1. The van der Waals surface area contributed by atoms with Crippen LogP contribution in [0.2, 0.25) is 0 Å². The Hall–Kier alpha value is -4.71. The predicted octanol–water partition coefficient (Wildman–Crippen LogP) is 6.49. The molecule has 0 spiro atoms. The van der Waals surface area contributed by atoms with Crippen molar-refractivity contribution in [3.05, 3.63) is 132 Å².